The highest BCUT2D eigenvalue weighted by Gasteiger charge is 2.63. The molecule has 3 aromatic rings. The number of pyridine rings is 1. The van der Waals surface area contributed by atoms with Gasteiger partial charge in [0.2, 0.25) is 21.8 Å². The van der Waals surface area contributed by atoms with Gasteiger partial charge in [-0.3, -0.25) is 28.9 Å². The van der Waals surface area contributed by atoms with Crippen LogP contribution in [0.15, 0.2) is 23.6 Å². The molecule has 2 aromatic heterocycles. The fourth-order valence-electron chi connectivity index (χ4n) is 9.30. The molecule has 0 unspecified atom stereocenters. The second kappa shape index (κ2) is 18.7. The number of ether oxygens (including phenoxy) is 4. The average molecular weight is 973 g/mol. The summed E-state index contributed by atoms with van der Waals surface area (Å²) < 4.78 is 52.7. The van der Waals surface area contributed by atoms with Crippen molar-refractivity contribution in [1.29, 1.82) is 0 Å². The van der Waals surface area contributed by atoms with Gasteiger partial charge in [0.05, 0.1) is 35.7 Å². The molecule has 17 nitrogen and oxygen atoms in total. The number of piperazine rings is 1. The van der Waals surface area contributed by atoms with Gasteiger partial charge in [0.1, 0.15) is 63.2 Å². The van der Waals surface area contributed by atoms with Crippen LogP contribution in [0.5, 0.6) is 11.5 Å². The van der Waals surface area contributed by atoms with E-state index in [0.717, 1.165) is 18.8 Å². The normalized spacial score (nSPS) is 25.9. The Morgan fingerprint density at radius 2 is 1.80 bits per heavy atom. The van der Waals surface area contributed by atoms with E-state index in [2.05, 4.69) is 28.8 Å². The van der Waals surface area contributed by atoms with Gasteiger partial charge >= 0.3 is 6.09 Å². The Bertz CT molecular complexity index is 2470. The lowest BCUT2D eigenvalue weighted by Gasteiger charge is -2.46. The summed E-state index contributed by atoms with van der Waals surface area (Å²) in [5.41, 5.74) is -0.544. The number of morpholine rings is 1. The van der Waals surface area contributed by atoms with Gasteiger partial charge in [0.15, 0.2) is 0 Å². The molecule has 4 amide bonds. The standard InChI is InChI=1S/C46H62ClN7O10S2/c1-9-27-22-46(27,43(57)51-66(59,60)28-10-11-28)50-40(55)32-21-36(33-23-53(44(58)64-45(6,7)8)39(26(4)5)42(56)54(32)33)63-35-20-30(41-49-31(24-65-41)25(2)3)48-38-29(35)12-13-34(37(38)47)62-19-16-52-14-17-61-18-15-52/h12-13,20,24-28,32-33,36,39H,9-11,14-19,21-23H2,1-8H3,(H,50,55)(H,51,57)/t27-,32+,33-,36-,39-,46-/m1/s1. The van der Waals surface area contributed by atoms with E-state index in [1.807, 2.05) is 32.2 Å². The average Bonchev–Trinajstić information content (AvgIpc) is 4.15. The van der Waals surface area contributed by atoms with Crippen molar-refractivity contribution in [2.24, 2.45) is 11.8 Å². The summed E-state index contributed by atoms with van der Waals surface area (Å²) in [4.78, 5) is 72.6. The lowest BCUT2D eigenvalue weighted by Crippen LogP contribution is -2.67. The second-order valence-corrected chi connectivity index (χ2v) is 23.0. The first kappa shape index (κ1) is 48.2. The van der Waals surface area contributed by atoms with E-state index in [9.17, 15) is 27.6 Å². The van der Waals surface area contributed by atoms with E-state index in [1.165, 1.54) is 21.1 Å². The monoisotopic (exact) mass is 971 g/mol. The zero-order valence-corrected chi connectivity index (χ0v) is 41.3. The summed E-state index contributed by atoms with van der Waals surface area (Å²) in [7, 11) is -3.91. The van der Waals surface area contributed by atoms with Crippen LogP contribution in [0.25, 0.3) is 21.6 Å². The van der Waals surface area contributed by atoms with E-state index in [1.54, 1.807) is 32.9 Å². The lowest BCUT2D eigenvalue weighted by atomic mass is 9.96. The highest BCUT2D eigenvalue weighted by Crippen LogP contribution is 2.48. The molecule has 5 heterocycles. The molecule has 1 aromatic carbocycles. The maximum Gasteiger partial charge on any atom is 0.411 e. The quantitative estimate of drug-likeness (QED) is 0.187. The number of benzene rings is 1. The van der Waals surface area contributed by atoms with Gasteiger partial charge in [-0.15, -0.1) is 11.3 Å². The summed E-state index contributed by atoms with van der Waals surface area (Å²) in [5, 5.41) is 5.74. The van der Waals surface area contributed by atoms with Crippen LogP contribution in [0, 0.1) is 11.8 Å². The van der Waals surface area contributed by atoms with Crippen molar-refractivity contribution in [3.8, 4) is 22.2 Å². The maximum atomic E-state index is 15.0. The first-order valence-corrected chi connectivity index (χ1v) is 25.9. The SMILES string of the molecule is CC[C@@H]1C[C@]1(NC(=O)[C@@H]1C[C@@H](Oc2cc(-c3nc(C(C)C)cs3)nc3c(Cl)c(OCCN4CCOCC4)ccc23)[C@H]2CN(C(=O)OC(C)(C)C)[C@H](C(C)C)C(=O)N21)C(=O)NS(=O)(=O)C1CC1. The minimum atomic E-state index is -3.91. The van der Waals surface area contributed by atoms with Crippen LogP contribution in [-0.2, 0) is 33.9 Å². The van der Waals surface area contributed by atoms with Crippen LogP contribution in [0.4, 0.5) is 4.79 Å². The summed E-state index contributed by atoms with van der Waals surface area (Å²) in [6, 6.07) is 2.39. The van der Waals surface area contributed by atoms with Gasteiger partial charge in [0.25, 0.3) is 5.91 Å². The lowest BCUT2D eigenvalue weighted by molar-refractivity contribution is -0.153. The predicted octanol–water partition coefficient (Wildman–Crippen LogP) is 5.73. The van der Waals surface area contributed by atoms with Crippen molar-refractivity contribution in [2.45, 2.75) is 134 Å². The molecule has 2 aliphatic carbocycles. The third-order valence-corrected chi connectivity index (χ3v) is 16.2. The van der Waals surface area contributed by atoms with E-state index in [0.29, 0.717) is 78.7 Å². The number of halogens is 1. The number of carbonyl (C=O) groups excluding carboxylic acids is 4. The topological polar surface area (TPSA) is 199 Å². The van der Waals surface area contributed by atoms with Crippen molar-refractivity contribution < 1.29 is 46.5 Å². The predicted molar refractivity (Wildman–Crippen MR) is 249 cm³/mol. The molecule has 66 heavy (non-hydrogen) atoms. The van der Waals surface area contributed by atoms with Crippen LogP contribution >= 0.6 is 22.9 Å². The second-order valence-electron chi connectivity index (χ2n) is 19.8. The number of aromatic nitrogens is 2. The Hall–Kier alpha value is -4.30. The van der Waals surface area contributed by atoms with Crippen molar-refractivity contribution in [3.05, 3.63) is 34.3 Å². The van der Waals surface area contributed by atoms with Crippen LogP contribution in [0.3, 0.4) is 0 Å². The summed E-state index contributed by atoms with van der Waals surface area (Å²) in [5.74, 6) is -1.59. The molecule has 3 saturated heterocycles. The highest BCUT2D eigenvalue weighted by atomic mass is 35.5. The summed E-state index contributed by atoms with van der Waals surface area (Å²) in [6.07, 6.45) is 0.108. The van der Waals surface area contributed by atoms with Gasteiger partial charge in [-0.05, 0) is 69.9 Å². The number of amides is 4. The van der Waals surface area contributed by atoms with Crippen molar-refractivity contribution in [1.82, 2.24) is 34.7 Å². The van der Waals surface area contributed by atoms with Gasteiger partial charge in [-0.2, -0.15) is 0 Å². The molecule has 20 heteroatoms. The Balaban J connectivity index is 1.16. The van der Waals surface area contributed by atoms with E-state index in [-0.39, 0.29) is 42.2 Å². The molecule has 0 bridgehead atoms. The van der Waals surface area contributed by atoms with Crippen LogP contribution in [-0.4, -0.2) is 144 Å². The molecule has 5 aliphatic rings. The number of hydrogen-bond acceptors (Lipinski definition) is 14. The molecule has 3 aliphatic heterocycles. The van der Waals surface area contributed by atoms with Crippen LogP contribution in [0.1, 0.15) is 99.1 Å². The van der Waals surface area contributed by atoms with Crippen molar-refractivity contribution in [3.63, 3.8) is 0 Å². The molecule has 6 atom stereocenters. The molecule has 5 fully saturated rings. The van der Waals surface area contributed by atoms with Gasteiger partial charge in [-0.1, -0.05) is 52.6 Å². The first-order chi connectivity index (χ1) is 31.2. The molecule has 0 spiro atoms. The Morgan fingerprint density at radius 3 is 2.42 bits per heavy atom. The Kier molecular flexibility index (Phi) is 13.6. The smallest absolute Gasteiger partial charge is 0.411 e. The molecular weight excluding hydrogens is 910 g/mol. The zero-order valence-electron chi connectivity index (χ0n) is 38.9. The third kappa shape index (κ3) is 9.82. The van der Waals surface area contributed by atoms with Gasteiger partial charge in [-0.25, -0.2) is 23.2 Å². The largest absolute Gasteiger partial charge is 0.491 e. The Morgan fingerprint density at radius 1 is 1.08 bits per heavy atom. The van der Waals surface area contributed by atoms with E-state index in [4.69, 9.17) is 40.5 Å². The van der Waals surface area contributed by atoms with Crippen LogP contribution in [0.2, 0.25) is 5.02 Å². The molecule has 2 N–H and O–H groups in total. The summed E-state index contributed by atoms with van der Waals surface area (Å²) >= 11 is 8.60. The number of fused-ring (bicyclic) bond motifs is 2. The van der Waals surface area contributed by atoms with Crippen LogP contribution < -0.4 is 19.5 Å². The molecule has 0 radical (unpaired) electrons. The third-order valence-electron chi connectivity index (χ3n) is 13.1. The minimum absolute atomic E-state index is 0.0194. The Labute approximate surface area is 395 Å². The number of sulfonamides is 1. The number of nitrogens with one attached hydrogen (secondary N) is 2. The molecule has 2 saturated carbocycles. The van der Waals surface area contributed by atoms with E-state index >= 15 is 0 Å². The minimum Gasteiger partial charge on any atom is -0.491 e. The van der Waals surface area contributed by atoms with Gasteiger partial charge < -0.3 is 29.2 Å². The molecule has 360 valence electrons. The fourth-order valence-corrected chi connectivity index (χ4v) is 11.9. The fraction of sp³-hybridized carbons (Fsp3) is 0.652. The maximum absolute atomic E-state index is 15.0. The van der Waals surface area contributed by atoms with Gasteiger partial charge in [0, 0.05) is 49.4 Å². The number of rotatable bonds is 15. The first-order valence-electron chi connectivity index (χ1n) is 23.1. The van der Waals surface area contributed by atoms with Crippen molar-refractivity contribution >= 4 is 67.7 Å². The molecule has 8 rings (SSSR count). The number of nitrogens with zero attached hydrogens (tertiary/aromatic N) is 5. The number of hydrogen-bond donors (Lipinski definition) is 2. The van der Waals surface area contributed by atoms with E-state index < -0.39 is 74.5 Å². The highest BCUT2D eigenvalue weighted by molar-refractivity contribution is 7.91. The summed E-state index contributed by atoms with van der Waals surface area (Å²) in [6.45, 7) is 18.9. The molecular formula is C46H62ClN7O10S2. The van der Waals surface area contributed by atoms with Crippen molar-refractivity contribution in [2.75, 3.05) is 46.0 Å². The number of carbonyl (C=O) groups is 4. The number of thiazole rings is 1. The zero-order chi connectivity index (χ0) is 47.5.